The van der Waals surface area contributed by atoms with Crippen LogP contribution in [0.25, 0.3) is 11.0 Å². The van der Waals surface area contributed by atoms with Gasteiger partial charge in [-0.3, -0.25) is 0 Å². The van der Waals surface area contributed by atoms with Crippen molar-refractivity contribution in [3.63, 3.8) is 0 Å². The second kappa shape index (κ2) is 5.40. The lowest BCUT2D eigenvalue weighted by molar-refractivity contribution is 0.644. The normalized spacial score (nSPS) is 13.0. The second-order valence-corrected chi connectivity index (χ2v) is 6.86. The van der Waals surface area contributed by atoms with Crippen molar-refractivity contribution in [1.29, 1.82) is 0 Å². The second-order valence-electron chi connectivity index (χ2n) is 4.84. The number of hydrogen-bond acceptors (Lipinski definition) is 2. The predicted octanol–water partition coefficient (Wildman–Crippen LogP) is 5.41. The SMILES string of the molecule is Cc1ccc2nc(CCl)n(C(C)c3ccc(Cl)s3)c2c1. The van der Waals surface area contributed by atoms with E-state index in [1.807, 2.05) is 12.1 Å². The largest absolute Gasteiger partial charge is 0.319 e. The zero-order chi connectivity index (χ0) is 14.3. The average molecular weight is 325 g/mol. The van der Waals surface area contributed by atoms with Gasteiger partial charge in [-0.25, -0.2) is 4.98 Å². The minimum Gasteiger partial charge on any atom is -0.319 e. The Hall–Kier alpha value is -1.03. The number of alkyl halides is 1. The molecule has 0 bridgehead atoms. The van der Waals surface area contributed by atoms with Gasteiger partial charge < -0.3 is 4.57 Å². The molecule has 1 aromatic carbocycles. The van der Waals surface area contributed by atoms with E-state index < -0.39 is 0 Å². The van der Waals surface area contributed by atoms with Crippen molar-refractivity contribution >= 4 is 45.6 Å². The standard InChI is InChI=1S/C15H14Cl2N2S/c1-9-3-4-11-12(7-9)19(15(8-16)18-11)10(2)13-5-6-14(17)20-13/h3-7,10H,8H2,1-2H3. The summed E-state index contributed by atoms with van der Waals surface area (Å²) < 4.78 is 3.01. The summed E-state index contributed by atoms with van der Waals surface area (Å²) in [5.74, 6) is 1.29. The van der Waals surface area contributed by atoms with Crippen LogP contribution in [0, 0.1) is 6.92 Å². The number of nitrogens with zero attached hydrogens (tertiary/aromatic N) is 2. The maximum atomic E-state index is 6.07. The van der Waals surface area contributed by atoms with Crippen LogP contribution in [0.3, 0.4) is 0 Å². The maximum Gasteiger partial charge on any atom is 0.125 e. The summed E-state index contributed by atoms with van der Waals surface area (Å²) >= 11 is 13.7. The highest BCUT2D eigenvalue weighted by Crippen LogP contribution is 2.32. The minimum absolute atomic E-state index is 0.174. The smallest absolute Gasteiger partial charge is 0.125 e. The van der Waals surface area contributed by atoms with Gasteiger partial charge in [0.05, 0.1) is 27.3 Å². The van der Waals surface area contributed by atoms with E-state index in [0.29, 0.717) is 5.88 Å². The molecule has 0 fully saturated rings. The zero-order valence-electron chi connectivity index (χ0n) is 11.2. The first kappa shape index (κ1) is 13.9. The lowest BCUT2D eigenvalue weighted by Crippen LogP contribution is -2.08. The molecule has 3 rings (SSSR count). The summed E-state index contributed by atoms with van der Waals surface area (Å²) in [5.41, 5.74) is 3.33. The van der Waals surface area contributed by atoms with E-state index in [0.717, 1.165) is 21.2 Å². The molecule has 5 heteroatoms. The molecular formula is C15H14Cl2N2S. The summed E-state index contributed by atoms with van der Waals surface area (Å²) in [4.78, 5) is 5.84. The number of thiophene rings is 1. The molecule has 1 unspecified atom stereocenters. The van der Waals surface area contributed by atoms with Gasteiger partial charge in [-0.15, -0.1) is 22.9 Å². The van der Waals surface area contributed by atoms with Gasteiger partial charge in [0, 0.05) is 4.88 Å². The fraction of sp³-hybridized carbons (Fsp3) is 0.267. The molecule has 0 aliphatic rings. The van der Waals surface area contributed by atoms with Gasteiger partial charge in [0.2, 0.25) is 0 Å². The number of aryl methyl sites for hydroxylation is 1. The van der Waals surface area contributed by atoms with E-state index >= 15 is 0 Å². The third-order valence-corrected chi connectivity index (χ3v) is 5.07. The molecule has 20 heavy (non-hydrogen) atoms. The monoisotopic (exact) mass is 324 g/mol. The maximum absolute atomic E-state index is 6.07. The number of rotatable bonds is 3. The highest BCUT2D eigenvalue weighted by molar-refractivity contribution is 7.16. The molecule has 0 saturated carbocycles. The van der Waals surface area contributed by atoms with Crippen LogP contribution in [-0.4, -0.2) is 9.55 Å². The molecule has 0 amide bonds. The van der Waals surface area contributed by atoms with Crippen LogP contribution in [-0.2, 0) is 5.88 Å². The van der Waals surface area contributed by atoms with Gasteiger partial charge in [-0.05, 0) is 43.7 Å². The van der Waals surface area contributed by atoms with Gasteiger partial charge in [-0.2, -0.15) is 0 Å². The summed E-state index contributed by atoms with van der Waals surface area (Å²) in [7, 11) is 0. The van der Waals surface area contributed by atoms with Crippen LogP contribution in [0.4, 0.5) is 0 Å². The van der Waals surface area contributed by atoms with Gasteiger partial charge >= 0.3 is 0 Å². The van der Waals surface area contributed by atoms with Crippen molar-refractivity contribution in [3.8, 4) is 0 Å². The molecule has 0 saturated heterocycles. The summed E-state index contributed by atoms with van der Waals surface area (Å²) in [6.07, 6.45) is 0. The van der Waals surface area contributed by atoms with E-state index in [1.165, 1.54) is 10.4 Å². The van der Waals surface area contributed by atoms with E-state index in [2.05, 4.69) is 41.6 Å². The van der Waals surface area contributed by atoms with E-state index in [-0.39, 0.29) is 6.04 Å². The van der Waals surface area contributed by atoms with Crippen LogP contribution in [0.5, 0.6) is 0 Å². The fourth-order valence-electron chi connectivity index (χ4n) is 2.46. The van der Waals surface area contributed by atoms with Gasteiger partial charge in [-0.1, -0.05) is 17.7 Å². The Kier molecular flexibility index (Phi) is 3.76. The molecule has 2 nitrogen and oxygen atoms in total. The highest BCUT2D eigenvalue weighted by Gasteiger charge is 2.18. The van der Waals surface area contributed by atoms with E-state index in [9.17, 15) is 0 Å². The number of benzene rings is 1. The van der Waals surface area contributed by atoms with Crippen LogP contribution < -0.4 is 0 Å². The minimum atomic E-state index is 0.174. The molecule has 2 heterocycles. The van der Waals surface area contributed by atoms with Crippen LogP contribution in [0.1, 0.15) is 29.2 Å². The average Bonchev–Trinajstić information content (AvgIpc) is 3.01. The van der Waals surface area contributed by atoms with Gasteiger partial charge in [0.25, 0.3) is 0 Å². The molecule has 0 aliphatic heterocycles. The topological polar surface area (TPSA) is 17.8 Å². The van der Waals surface area contributed by atoms with Crippen LogP contribution >= 0.6 is 34.5 Å². The molecule has 0 N–H and O–H groups in total. The van der Waals surface area contributed by atoms with Crippen LogP contribution in [0.2, 0.25) is 4.34 Å². The fourth-order valence-corrected chi connectivity index (χ4v) is 3.75. The first-order valence-electron chi connectivity index (χ1n) is 6.39. The molecule has 1 atom stereocenters. The number of imidazole rings is 1. The lowest BCUT2D eigenvalue weighted by Gasteiger charge is -2.15. The molecule has 2 aromatic heterocycles. The number of aromatic nitrogens is 2. The molecular weight excluding hydrogens is 311 g/mol. The summed E-state index contributed by atoms with van der Waals surface area (Å²) in [6.45, 7) is 4.24. The molecule has 0 radical (unpaired) electrons. The molecule has 104 valence electrons. The van der Waals surface area contributed by atoms with Crippen molar-refractivity contribution in [3.05, 3.63) is 50.9 Å². The number of fused-ring (bicyclic) bond motifs is 1. The van der Waals surface area contributed by atoms with Crippen molar-refractivity contribution in [2.24, 2.45) is 0 Å². The Morgan fingerprint density at radius 2 is 2.10 bits per heavy atom. The Morgan fingerprint density at radius 1 is 1.30 bits per heavy atom. The Balaban J connectivity index is 2.20. The van der Waals surface area contributed by atoms with Crippen molar-refractivity contribution in [2.75, 3.05) is 0 Å². The first-order valence-corrected chi connectivity index (χ1v) is 8.11. The summed E-state index contributed by atoms with van der Waals surface area (Å²) in [5, 5.41) is 0. The lowest BCUT2D eigenvalue weighted by atomic mass is 10.2. The third kappa shape index (κ3) is 2.34. The van der Waals surface area contributed by atoms with Crippen LogP contribution in [0.15, 0.2) is 30.3 Å². The van der Waals surface area contributed by atoms with Gasteiger partial charge in [0.15, 0.2) is 0 Å². The molecule has 3 aromatic rings. The number of hydrogen-bond donors (Lipinski definition) is 0. The highest BCUT2D eigenvalue weighted by atomic mass is 35.5. The zero-order valence-corrected chi connectivity index (χ0v) is 13.6. The van der Waals surface area contributed by atoms with Crippen molar-refractivity contribution in [1.82, 2.24) is 9.55 Å². The van der Waals surface area contributed by atoms with Crippen molar-refractivity contribution < 1.29 is 0 Å². The molecule has 0 aliphatic carbocycles. The predicted molar refractivity (Wildman–Crippen MR) is 87.2 cm³/mol. The molecule has 0 spiro atoms. The third-order valence-electron chi connectivity index (χ3n) is 3.43. The van der Waals surface area contributed by atoms with E-state index in [4.69, 9.17) is 23.2 Å². The quantitative estimate of drug-likeness (QED) is 0.589. The first-order chi connectivity index (χ1) is 9.60. The summed E-state index contributed by atoms with van der Waals surface area (Å²) in [6, 6.07) is 10.5. The Labute approximate surface area is 132 Å². The van der Waals surface area contributed by atoms with Gasteiger partial charge in [0.1, 0.15) is 5.82 Å². The van der Waals surface area contributed by atoms with E-state index in [1.54, 1.807) is 11.3 Å². The van der Waals surface area contributed by atoms with Crippen molar-refractivity contribution in [2.45, 2.75) is 25.8 Å². The Bertz CT molecular complexity index is 760. The number of halogens is 2. The Morgan fingerprint density at radius 3 is 2.75 bits per heavy atom.